The van der Waals surface area contributed by atoms with Gasteiger partial charge in [0.15, 0.2) is 0 Å². The van der Waals surface area contributed by atoms with E-state index >= 15 is 0 Å². The second kappa shape index (κ2) is 5.39. The van der Waals surface area contributed by atoms with E-state index in [4.69, 9.17) is 4.74 Å². The molecule has 0 bridgehead atoms. The van der Waals surface area contributed by atoms with Crippen LogP contribution in [0.1, 0.15) is 42.0 Å². The number of aromatic nitrogens is 2. The molecule has 0 saturated carbocycles. The Bertz CT molecular complexity index is 661. The van der Waals surface area contributed by atoms with Gasteiger partial charge in [-0.05, 0) is 50.3 Å². The predicted octanol–water partition coefficient (Wildman–Crippen LogP) is 2.63. The third-order valence-electron chi connectivity index (χ3n) is 4.72. The number of hydrogen-bond acceptors (Lipinski definition) is 3. The maximum absolute atomic E-state index is 14.5. The van der Waals surface area contributed by atoms with E-state index in [1.165, 1.54) is 11.8 Å². The van der Waals surface area contributed by atoms with Crippen LogP contribution >= 0.6 is 0 Å². The maximum atomic E-state index is 14.5. The van der Waals surface area contributed by atoms with Crippen molar-refractivity contribution in [2.75, 3.05) is 19.7 Å². The molecule has 5 heteroatoms. The highest BCUT2D eigenvalue weighted by Gasteiger charge is 2.26. The van der Waals surface area contributed by atoms with Crippen LogP contribution in [0.5, 0.6) is 0 Å². The van der Waals surface area contributed by atoms with Gasteiger partial charge < -0.3 is 15.0 Å². The Morgan fingerprint density at radius 2 is 2.14 bits per heavy atom. The van der Waals surface area contributed by atoms with Crippen molar-refractivity contribution in [3.05, 3.63) is 28.8 Å². The highest BCUT2D eigenvalue weighted by atomic mass is 19.1. The lowest BCUT2D eigenvalue weighted by molar-refractivity contribution is 0.123. The smallest absolute Gasteiger partial charge is 0.145 e. The highest BCUT2D eigenvalue weighted by molar-refractivity contribution is 5.85. The second-order valence-electron chi connectivity index (χ2n) is 6.01. The molecule has 0 atom stereocenters. The number of pyridine rings is 1. The van der Waals surface area contributed by atoms with E-state index in [2.05, 4.69) is 15.3 Å². The van der Waals surface area contributed by atoms with Gasteiger partial charge in [-0.2, -0.15) is 0 Å². The third kappa shape index (κ3) is 2.24. The van der Waals surface area contributed by atoms with Crippen molar-refractivity contribution in [1.82, 2.24) is 15.3 Å². The van der Waals surface area contributed by atoms with Crippen molar-refractivity contribution in [2.45, 2.75) is 38.2 Å². The van der Waals surface area contributed by atoms with E-state index in [-0.39, 0.29) is 5.82 Å². The van der Waals surface area contributed by atoms with Gasteiger partial charge in [0.05, 0.1) is 12.8 Å². The Morgan fingerprint density at radius 3 is 3.00 bits per heavy atom. The lowest BCUT2D eigenvalue weighted by Crippen LogP contribution is -2.27. The van der Waals surface area contributed by atoms with Gasteiger partial charge in [-0.3, -0.25) is 0 Å². The molecule has 2 aliphatic heterocycles. The number of rotatable bonds is 1. The van der Waals surface area contributed by atoms with Crippen molar-refractivity contribution in [3.8, 4) is 0 Å². The summed E-state index contributed by atoms with van der Waals surface area (Å²) < 4.78 is 20.1. The predicted molar refractivity (Wildman–Crippen MR) is 78.9 cm³/mol. The first-order valence-corrected chi connectivity index (χ1v) is 7.81. The molecule has 0 radical (unpaired) electrons. The van der Waals surface area contributed by atoms with Crippen LogP contribution in [0.3, 0.4) is 0 Å². The topological polar surface area (TPSA) is 49.9 Å². The summed E-state index contributed by atoms with van der Waals surface area (Å²) in [5, 5.41) is 4.38. The van der Waals surface area contributed by atoms with Gasteiger partial charge in [-0.15, -0.1) is 0 Å². The van der Waals surface area contributed by atoms with Gasteiger partial charge in [-0.1, -0.05) is 0 Å². The number of H-pyrrole nitrogens is 1. The van der Waals surface area contributed by atoms with E-state index in [1.54, 1.807) is 0 Å². The Morgan fingerprint density at radius 1 is 1.29 bits per heavy atom. The molecule has 21 heavy (non-hydrogen) atoms. The summed E-state index contributed by atoms with van der Waals surface area (Å²) in [5.41, 5.74) is 4.00. The Kier molecular flexibility index (Phi) is 3.39. The molecule has 1 saturated heterocycles. The van der Waals surface area contributed by atoms with Gasteiger partial charge in [0.1, 0.15) is 11.5 Å². The van der Waals surface area contributed by atoms with Crippen LogP contribution < -0.4 is 5.32 Å². The SMILES string of the molecule is Fc1cnc2[nH]c3c(c2c1C1CCNCC1)CCCOC3. The van der Waals surface area contributed by atoms with Gasteiger partial charge in [0.2, 0.25) is 0 Å². The van der Waals surface area contributed by atoms with Gasteiger partial charge in [0, 0.05) is 23.3 Å². The summed E-state index contributed by atoms with van der Waals surface area (Å²) in [5.74, 6) is 0.141. The van der Waals surface area contributed by atoms with Crippen LogP contribution in [0.15, 0.2) is 6.20 Å². The standard InChI is InChI=1S/C16H20FN3O/c17-12-8-19-16-15(14(12)10-3-5-18-6-4-10)11-2-1-7-21-9-13(11)20-16/h8,10,18H,1-7,9H2,(H,19,20). The molecule has 2 aliphatic rings. The molecule has 0 unspecified atom stereocenters. The highest BCUT2D eigenvalue weighted by Crippen LogP contribution is 2.36. The summed E-state index contributed by atoms with van der Waals surface area (Å²) in [6, 6.07) is 0. The molecular formula is C16H20FN3O. The normalized spacial score (nSPS) is 20.4. The molecule has 4 nitrogen and oxygen atoms in total. The molecule has 2 aromatic heterocycles. The first-order chi connectivity index (χ1) is 10.3. The summed E-state index contributed by atoms with van der Waals surface area (Å²) in [7, 11) is 0. The minimum Gasteiger partial charge on any atom is -0.375 e. The average molecular weight is 289 g/mol. The molecule has 1 fully saturated rings. The quantitative estimate of drug-likeness (QED) is 0.848. The first-order valence-electron chi connectivity index (χ1n) is 7.81. The minimum atomic E-state index is -0.152. The number of hydrogen-bond donors (Lipinski definition) is 2. The average Bonchev–Trinajstić information content (AvgIpc) is 2.70. The lowest BCUT2D eigenvalue weighted by Gasteiger charge is -2.24. The van der Waals surface area contributed by atoms with E-state index in [0.717, 1.165) is 67.7 Å². The van der Waals surface area contributed by atoms with Gasteiger partial charge in [0.25, 0.3) is 0 Å². The fourth-order valence-electron chi connectivity index (χ4n) is 3.71. The molecule has 2 aromatic rings. The van der Waals surface area contributed by atoms with Crippen LogP contribution in [0.25, 0.3) is 11.0 Å². The second-order valence-corrected chi connectivity index (χ2v) is 6.01. The van der Waals surface area contributed by atoms with Gasteiger partial charge >= 0.3 is 0 Å². The molecule has 0 spiro atoms. The van der Waals surface area contributed by atoms with E-state index in [0.29, 0.717) is 12.5 Å². The number of fused-ring (bicyclic) bond motifs is 3. The first kappa shape index (κ1) is 13.2. The fourth-order valence-corrected chi connectivity index (χ4v) is 3.71. The summed E-state index contributed by atoms with van der Waals surface area (Å²) >= 11 is 0. The fraction of sp³-hybridized carbons (Fsp3) is 0.562. The van der Waals surface area contributed by atoms with E-state index < -0.39 is 0 Å². The molecule has 112 valence electrons. The molecular weight excluding hydrogens is 269 g/mol. The molecule has 0 amide bonds. The number of nitrogens with one attached hydrogen (secondary N) is 2. The van der Waals surface area contributed by atoms with Crippen molar-refractivity contribution in [1.29, 1.82) is 0 Å². The number of piperidine rings is 1. The Hall–Kier alpha value is -1.46. The monoisotopic (exact) mass is 289 g/mol. The lowest BCUT2D eigenvalue weighted by atomic mass is 9.87. The third-order valence-corrected chi connectivity index (χ3v) is 4.72. The zero-order valence-electron chi connectivity index (χ0n) is 12.0. The number of nitrogens with zero attached hydrogens (tertiary/aromatic N) is 1. The molecule has 0 aromatic carbocycles. The zero-order chi connectivity index (χ0) is 14.2. The van der Waals surface area contributed by atoms with Crippen molar-refractivity contribution >= 4 is 11.0 Å². The van der Waals surface area contributed by atoms with E-state index in [1.807, 2.05) is 0 Å². The van der Waals surface area contributed by atoms with Crippen molar-refractivity contribution in [3.63, 3.8) is 0 Å². The van der Waals surface area contributed by atoms with Gasteiger partial charge in [-0.25, -0.2) is 9.37 Å². The number of aromatic amines is 1. The van der Waals surface area contributed by atoms with Crippen LogP contribution in [-0.4, -0.2) is 29.7 Å². The zero-order valence-corrected chi connectivity index (χ0v) is 12.0. The van der Waals surface area contributed by atoms with Crippen molar-refractivity contribution < 1.29 is 9.13 Å². The summed E-state index contributed by atoms with van der Waals surface area (Å²) in [6.45, 7) is 3.28. The Balaban J connectivity index is 1.91. The van der Waals surface area contributed by atoms with Crippen LogP contribution in [-0.2, 0) is 17.8 Å². The molecule has 0 aliphatic carbocycles. The summed E-state index contributed by atoms with van der Waals surface area (Å²) in [4.78, 5) is 7.61. The number of ether oxygens (including phenoxy) is 1. The van der Waals surface area contributed by atoms with Crippen LogP contribution in [0.2, 0.25) is 0 Å². The van der Waals surface area contributed by atoms with Crippen LogP contribution in [0.4, 0.5) is 4.39 Å². The van der Waals surface area contributed by atoms with Crippen molar-refractivity contribution in [2.24, 2.45) is 0 Å². The Labute approximate surface area is 123 Å². The van der Waals surface area contributed by atoms with Crippen LogP contribution in [0, 0.1) is 5.82 Å². The molecule has 4 heterocycles. The largest absolute Gasteiger partial charge is 0.375 e. The minimum absolute atomic E-state index is 0.152. The number of aryl methyl sites for hydroxylation is 1. The van der Waals surface area contributed by atoms with E-state index in [9.17, 15) is 4.39 Å². The molecule has 2 N–H and O–H groups in total. The number of halogens is 1. The maximum Gasteiger partial charge on any atom is 0.145 e. The molecule has 4 rings (SSSR count). The summed E-state index contributed by atoms with van der Waals surface area (Å²) in [6.07, 6.45) is 5.29.